The molecule has 25 heavy (non-hydrogen) atoms. The molecule has 0 N–H and O–H groups in total. The number of nitrogens with zero attached hydrogens (tertiary/aromatic N) is 2. The normalized spacial score (nSPS) is 16.4. The van der Waals surface area contributed by atoms with Crippen LogP contribution in [0, 0.1) is 17.6 Å². The molecule has 1 aliphatic heterocycles. The van der Waals surface area contributed by atoms with Crippen molar-refractivity contribution in [3.63, 3.8) is 0 Å². The van der Waals surface area contributed by atoms with Crippen molar-refractivity contribution >= 4 is 6.08 Å². The summed E-state index contributed by atoms with van der Waals surface area (Å²) in [7, 11) is 1.55. The second-order valence-corrected chi connectivity index (χ2v) is 6.32. The summed E-state index contributed by atoms with van der Waals surface area (Å²) >= 11 is 0. The lowest BCUT2D eigenvalue weighted by Gasteiger charge is -2.30. The lowest BCUT2D eigenvalue weighted by Crippen LogP contribution is -2.32. The highest BCUT2D eigenvalue weighted by molar-refractivity contribution is 5.50. The summed E-state index contributed by atoms with van der Waals surface area (Å²) in [5, 5.41) is 0. The van der Waals surface area contributed by atoms with Crippen molar-refractivity contribution in [1.29, 1.82) is 0 Å². The molecule has 1 aromatic carbocycles. The van der Waals surface area contributed by atoms with Crippen LogP contribution >= 0.6 is 0 Å². The van der Waals surface area contributed by atoms with E-state index in [4.69, 9.17) is 4.74 Å². The monoisotopic (exact) mass is 344 g/mol. The van der Waals surface area contributed by atoms with E-state index < -0.39 is 0 Å². The molecule has 2 heterocycles. The highest BCUT2D eigenvalue weighted by Gasteiger charge is 2.19. The van der Waals surface area contributed by atoms with Crippen molar-refractivity contribution < 1.29 is 13.5 Å². The highest BCUT2D eigenvalue weighted by atomic mass is 19.1. The van der Waals surface area contributed by atoms with Crippen LogP contribution in [0.4, 0.5) is 8.78 Å². The summed E-state index contributed by atoms with van der Waals surface area (Å²) in [5.74, 6) is 0.367. The number of hydrogen-bond donors (Lipinski definition) is 0. The number of allylic oxidation sites excluding steroid dienone is 1. The summed E-state index contributed by atoms with van der Waals surface area (Å²) in [6.07, 6.45) is 7.13. The van der Waals surface area contributed by atoms with E-state index in [2.05, 4.69) is 16.0 Å². The van der Waals surface area contributed by atoms with Gasteiger partial charge < -0.3 is 4.74 Å². The van der Waals surface area contributed by atoms with Gasteiger partial charge in [-0.3, -0.25) is 4.90 Å². The second-order valence-electron chi connectivity index (χ2n) is 6.32. The molecule has 3 rings (SSSR count). The lowest BCUT2D eigenvalue weighted by atomic mass is 9.95. The number of rotatable bonds is 5. The van der Waals surface area contributed by atoms with Crippen LogP contribution in [0.2, 0.25) is 0 Å². The first-order valence-electron chi connectivity index (χ1n) is 8.49. The molecule has 1 aromatic heterocycles. The maximum absolute atomic E-state index is 13.6. The number of likely N-dealkylation sites (tertiary alicyclic amines) is 1. The smallest absolute Gasteiger partial charge is 0.217 e. The van der Waals surface area contributed by atoms with E-state index in [1.54, 1.807) is 19.2 Å². The fraction of sp³-hybridized carbons (Fsp3) is 0.350. The summed E-state index contributed by atoms with van der Waals surface area (Å²) in [6, 6.07) is 8.27. The Bertz CT molecular complexity index is 740. The quantitative estimate of drug-likeness (QED) is 0.809. The first-order valence-corrected chi connectivity index (χ1v) is 8.49. The molecule has 0 atom stereocenters. The molecule has 2 aromatic rings. The Labute approximate surface area is 147 Å². The average Bonchev–Trinajstić information content (AvgIpc) is 2.62. The lowest BCUT2D eigenvalue weighted by molar-refractivity contribution is 0.193. The van der Waals surface area contributed by atoms with Gasteiger partial charge in [0.25, 0.3) is 0 Å². The Balaban J connectivity index is 1.56. The molecular formula is C20H22F2N2O. The molecule has 3 nitrogen and oxygen atoms in total. The zero-order chi connectivity index (χ0) is 17.6. The minimum Gasteiger partial charge on any atom is -0.481 e. The van der Waals surface area contributed by atoms with Gasteiger partial charge in [-0.05, 0) is 44.0 Å². The third-order valence-electron chi connectivity index (χ3n) is 4.56. The molecule has 0 aliphatic carbocycles. The molecule has 0 bridgehead atoms. The molecule has 1 fully saturated rings. The first-order chi connectivity index (χ1) is 12.2. The minimum absolute atomic E-state index is 0.193. The summed E-state index contributed by atoms with van der Waals surface area (Å²) in [6.45, 7) is 2.44. The maximum atomic E-state index is 13.6. The van der Waals surface area contributed by atoms with Crippen LogP contribution < -0.4 is 4.74 Å². The molecule has 1 saturated heterocycles. The molecule has 0 amide bonds. The molecule has 132 valence electrons. The minimum atomic E-state index is -0.349. The van der Waals surface area contributed by atoms with Crippen LogP contribution in [-0.4, -0.2) is 30.1 Å². The van der Waals surface area contributed by atoms with E-state index in [-0.39, 0.29) is 11.6 Å². The molecule has 0 radical (unpaired) electrons. The molecular weight excluding hydrogens is 322 g/mol. The van der Waals surface area contributed by atoms with Crippen LogP contribution in [-0.2, 0) is 6.54 Å². The van der Waals surface area contributed by atoms with E-state index in [1.165, 1.54) is 18.3 Å². The van der Waals surface area contributed by atoms with Crippen molar-refractivity contribution in [2.45, 2.75) is 19.4 Å². The van der Waals surface area contributed by atoms with Crippen LogP contribution in [0.1, 0.15) is 24.0 Å². The van der Waals surface area contributed by atoms with Crippen molar-refractivity contribution in [3.8, 4) is 5.88 Å². The number of benzene rings is 1. The Morgan fingerprint density at radius 3 is 2.72 bits per heavy atom. The van der Waals surface area contributed by atoms with E-state index in [9.17, 15) is 8.78 Å². The van der Waals surface area contributed by atoms with E-state index in [0.717, 1.165) is 31.5 Å². The van der Waals surface area contributed by atoms with Gasteiger partial charge in [0.05, 0.1) is 13.3 Å². The van der Waals surface area contributed by atoms with Gasteiger partial charge >= 0.3 is 0 Å². The van der Waals surface area contributed by atoms with Crippen LogP contribution in [0.25, 0.3) is 6.08 Å². The number of piperidine rings is 1. The van der Waals surface area contributed by atoms with Gasteiger partial charge in [-0.2, -0.15) is 0 Å². The standard InChI is InChI=1S/C20H22F2N2O/c1-25-20-17(12-18(21)13-23-20)14-24-10-8-15(9-11-24)6-7-16-4-2-3-5-19(16)22/h2-7,12-13,15H,8-11,14H2,1H3. The maximum Gasteiger partial charge on any atom is 0.217 e. The first kappa shape index (κ1) is 17.5. The fourth-order valence-corrected chi connectivity index (χ4v) is 3.16. The zero-order valence-corrected chi connectivity index (χ0v) is 14.3. The summed E-state index contributed by atoms with van der Waals surface area (Å²) < 4.78 is 32.3. The largest absolute Gasteiger partial charge is 0.481 e. The SMILES string of the molecule is COc1ncc(F)cc1CN1CCC(C=Cc2ccccc2F)CC1. The Hall–Kier alpha value is -2.27. The summed E-state index contributed by atoms with van der Waals surface area (Å²) in [4.78, 5) is 6.25. The Kier molecular flexibility index (Phi) is 5.76. The fourth-order valence-electron chi connectivity index (χ4n) is 3.16. The van der Waals surface area contributed by atoms with Gasteiger partial charge in [-0.25, -0.2) is 13.8 Å². The number of aromatic nitrogens is 1. The van der Waals surface area contributed by atoms with Gasteiger partial charge in [-0.15, -0.1) is 0 Å². The average molecular weight is 344 g/mol. The summed E-state index contributed by atoms with van der Waals surface area (Å²) in [5.41, 5.74) is 1.39. The predicted molar refractivity (Wildman–Crippen MR) is 94.2 cm³/mol. The van der Waals surface area contributed by atoms with Crippen LogP contribution in [0.5, 0.6) is 5.88 Å². The predicted octanol–water partition coefficient (Wildman–Crippen LogP) is 4.29. The highest BCUT2D eigenvalue weighted by Crippen LogP contribution is 2.24. The van der Waals surface area contributed by atoms with E-state index >= 15 is 0 Å². The van der Waals surface area contributed by atoms with Crippen molar-refractivity contribution in [2.24, 2.45) is 5.92 Å². The molecule has 0 saturated carbocycles. The van der Waals surface area contributed by atoms with Gasteiger partial charge in [0.15, 0.2) is 0 Å². The third-order valence-corrected chi connectivity index (χ3v) is 4.56. The van der Waals surface area contributed by atoms with E-state index in [1.807, 2.05) is 12.1 Å². The topological polar surface area (TPSA) is 25.4 Å². The zero-order valence-electron chi connectivity index (χ0n) is 14.3. The molecule has 0 spiro atoms. The van der Waals surface area contributed by atoms with Gasteiger partial charge in [0, 0.05) is 17.7 Å². The number of methoxy groups -OCH3 is 1. The molecule has 5 heteroatoms. The number of pyridine rings is 1. The Morgan fingerprint density at radius 2 is 2.00 bits per heavy atom. The second kappa shape index (κ2) is 8.21. The number of hydrogen-bond acceptors (Lipinski definition) is 3. The van der Waals surface area contributed by atoms with Gasteiger partial charge in [-0.1, -0.05) is 30.4 Å². The number of halogens is 2. The third kappa shape index (κ3) is 4.63. The van der Waals surface area contributed by atoms with Crippen molar-refractivity contribution in [2.75, 3.05) is 20.2 Å². The van der Waals surface area contributed by atoms with Crippen LogP contribution in [0.15, 0.2) is 42.6 Å². The van der Waals surface area contributed by atoms with Gasteiger partial charge in [0.2, 0.25) is 5.88 Å². The van der Waals surface area contributed by atoms with Crippen LogP contribution in [0.3, 0.4) is 0 Å². The van der Waals surface area contributed by atoms with E-state index in [0.29, 0.717) is 23.9 Å². The number of ether oxygens (including phenoxy) is 1. The Morgan fingerprint density at radius 1 is 1.24 bits per heavy atom. The van der Waals surface area contributed by atoms with Crippen molar-refractivity contribution in [3.05, 3.63) is 65.4 Å². The molecule has 1 aliphatic rings. The van der Waals surface area contributed by atoms with Gasteiger partial charge in [0.1, 0.15) is 11.6 Å². The molecule has 0 unspecified atom stereocenters. The van der Waals surface area contributed by atoms with Crippen molar-refractivity contribution in [1.82, 2.24) is 9.88 Å².